The smallest absolute Gasteiger partial charge is 0.129 e. The predicted octanol–water partition coefficient (Wildman–Crippen LogP) is 2.11. The van der Waals surface area contributed by atoms with E-state index in [1.165, 1.54) is 0 Å². The monoisotopic (exact) mass is 392 g/mol. The van der Waals surface area contributed by atoms with Gasteiger partial charge in [-0.1, -0.05) is 0 Å². The van der Waals surface area contributed by atoms with Crippen LogP contribution in [0.15, 0.2) is 24.4 Å². The Hall–Kier alpha value is -1.87. The fourth-order valence-electron chi connectivity index (χ4n) is 4.14. The quantitative estimate of drug-likeness (QED) is 0.834. The number of benzene rings is 1. The van der Waals surface area contributed by atoms with Crippen LogP contribution in [0.25, 0.3) is 0 Å². The average Bonchev–Trinajstić information content (AvgIpc) is 3.18. The van der Waals surface area contributed by atoms with Crippen molar-refractivity contribution in [3.8, 4) is 0 Å². The van der Waals surface area contributed by atoms with Crippen molar-refractivity contribution in [3.63, 3.8) is 0 Å². The number of nitrogens with zero attached hydrogens (tertiary/aromatic N) is 3. The first kappa shape index (κ1) is 19.4. The second kappa shape index (κ2) is 7.18. The summed E-state index contributed by atoms with van der Waals surface area (Å²) in [7, 11) is 0. The molecule has 0 bridgehead atoms. The minimum atomic E-state index is -0.842. The Bertz CT molecular complexity index is 864. The molecule has 1 fully saturated rings. The molecule has 3 atom stereocenters. The zero-order chi connectivity index (χ0) is 20.1. The molecule has 1 aromatic heterocycles. The van der Waals surface area contributed by atoms with Crippen LogP contribution in [0.3, 0.4) is 0 Å². The van der Waals surface area contributed by atoms with Gasteiger partial charge in [-0.05, 0) is 38.5 Å². The maximum absolute atomic E-state index is 14.1. The summed E-state index contributed by atoms with van der Waals surface area (Å²) < 4.78 is 35.4. The van der Waals surface area contributed by atoms with Gasteiger partial charge in [0.05, 0.1) is 30.6 Å². The molecule has 0 radical (unpaired) electrons. The maximum atomic E-state index is 14.1. The normalized spacial score (nSPS) is 25.9. The number of hydrogen-bond acceptors (Lipinski definition) is 5. The Morgan fingerprint density at radius 1 is 1.32 bits per heavy atom. The van der Waals surface area contributed by atoms with Crippen LogP contribution in [0.2, 0.25) is 0 Å². The summed E-state index contributed by atoms with van der Waals surface area (Å²) in [5.74, 6) is -0.999. The molecular weight excluding hydrogens is 366 g/mol. The van der Waals surface area contributed by atoms with Crippen LogP contribution < -0.4 is 5.73 Å². The van der Waals surface area contributed by atoms with Gasteiger partial charge < -0.3 is 15.6 Å². The van der Waals surface area contributed by atoms with E-state index in [2.05, 4.69) is 10.00 Å². The minimum Gasteiger partial charge on any atom is -0.389 e. The van der Waals surface area contributed by atoms with Gasteiger partial charge in [0, 0.05) is 36.3 Å². The molecule has 6 nitrogen and oxygen atoms in total. The highest BCUT2D eigenvalue weighted by molar-refractivity contribution is 5.25. The summed E-state index contributed by atoms with van der Waals surface area (Å²) >= 11 is 0. The number of aromatic nitrogens is 2. The summed E-state index contributed by atoms with van der Waals surface area (Å²) in [5.41, 5.74) is 7.85. The summed E-state index contributed by atoms with van der Waals surface area (Å²) in [6, 6.07) is 3.03. The third kappa shape index (κ3) is 3.82. The Morgan fingerprint density at radius 2 is 2.11 bits per heavy atom. The van der Waals surface area contributed by atoms with E-state index in [9.17, 15) is 13.9 Å². The van der Waals surface area contributed by atoms with E-state index in [0.717, 1.165) is 36.0 Å². The van der Waals surface area contributed by atoms with Crippen molar-refractivity contribution >= 4 is 0 Å². The van der Waals surface area contributed by atoms with Gasteiger partial charge in [-0.3, -0.25) is 9.58 Å². The predicted molar refractivity (Wildman–Crippen MR) is 99.2 cm³/mol. The summed E-state index contributed by atoms with van der Waals surface area (Å²) in [6.07, 6.45) is 1.82. The third-order valence-corrected chi connectivity index (χ3v) is 5.48. The molecule has 0 amide bonds. The van der Waals surface area contributed by atoms with Gasteiger partial charge in [-0.25, -0.2) is 8.78 Å². The van der Waals surface area contributed by atoms with Crippen LogP contribution in [0.5, 0.6) is 0 Å². The van der Waals surface area contributed by atoms with Crippen LogP contribution in [0, 0.1) is 11.6 Å². The molecule has 8 heteroatoms. The third-order valence-electron chi connectivity index (χ3n) is 5.48. The standard InChI is InChI=1S/C20H26F2N4O2/c1-20(2,27)11-26-18-9-25(8-12(18)7-24-26)14-6-17(23)19(28-10-14)15-5-13(21)3-4-16(15)22/h3-5,7,14,17,19,27H,6,8-11,23H2,1-2H3/t14?,17?,19-/m1/s1. The molecule has 152 valence electrons. The minimum absolute atomic E-state index is 0.0888. The average molecular weight is 392 g/mol. The van der Waals surface area contributed by atoms with Gasteiger partial charge >= 0.3 is 0 Å². The number of aliphatic hydroxyl groups is 1. The summed E-state index contributed by atoms with van der Waals surface area (Å²) in [5, 5.41) is 14.5. The van der Waals surface area contributed by atoms with Gasteiger partial charge in [0.25, 0.3) is 0 Å². The molecule has 4 rings (SSSR count). The highest BCUT2D eigenvalue weighted by Crippen LogP contribution is 2.34. The van der Waals surface area contributed by atoms with E-state index in [1.54, 1.807) is 13.8 Å². The molecule has 2 aromatic rings. The van der Waals surface area contributed by atoms with Crippen molar-refractivity contribution in [3.05, 3.63) is 52.9 Å². The van der Waals surface area contributed by atoms with E-state index in [0.29, 0.717) is 26.1 Å². The van der Waals surface area contributed by atoms with Crippen molar-refractivity contribution in [1.29, 1.82) is 0 Å². The molecule has 2 unspecified atom stereocenters. The van der Waals surface area contributed by atoms with E-state index in [-0.39, 0.29) is 11.6 Å². The zero-order valence-corrected chi connectivity index (χ0v) is 16.1. The zero-order valence-electron chi connectivity index (χ0n) is 16.1. The summed E-state index contributed by atoms with van der Waals surface area (Å²) in [6.45, 7) is 5.78. The Balaban J connectivity index is 1.43. The van der Waals surface area contributed by atoms with E-state index < -0.39 is 29.4 Å². The van der Waals surface area contributed by atoms with Crippen LogP contribution in [0.1, 0.15) is 43.2 Å². The molecule has 0 saturated carbocycles. The van der Waals surface area contributed by atoms with Gasteiger partial charge in [0.1, 0.15) is 17.7 Å². The van der Waals surface area contributed by atoms with Gasteiger partial charge in [0.2, 0.25) is 0 Å². The lowest BCUT2D eigenvalue weighted by Crippen LogP contribution is -2.48. The second-order valence-electron chi connectivity index (χ2n) is 8.46. The van der Waals surface area contributed by atoms with Gasteiger partial charge in [0.15, 0.2) is 0 Å². The number of nitrogens with two attached hydrogens (primary N) is 1. The largest absolute Gasteiger partial charge is 0.389 e. The molecule has 1 saturated heterocycles. The fraction of sp³-hybridized carbons (Fsp3) is 0.550. The first-order chi connectivity index (χ1) is 13.2. The number of hydrogen-bond donors (Lipinski definition) is 2. The Morgan fingerprint density at radius 3 is 2.82 bits per heavy atom. The second-order valence-corrected chi connectivity index (χ2v) is 8.46. The van der Waals surface area contributed by atoms with Crippen LogP contribution in [-0.4, -0.2) is 44.1 Å². The van der Waals surface area contributed by atoms with Gasteiger partial charge in [-0.2, -0.15) is 5.10 Å². The lowest BCUT2D eigenvalue weighted by molar-refractivity contribution is -0.0536. The molecule has 0 aliphatic carbocycles. The highest BCUT2D eigenvalue weighted by atomic mass is 19.1. The van der Waals surface area contributed by atoms with Crippen molar-refractivity contribution in [2.24, 2.45) is 5.73 Å². The first-order valence-corrected chi connectivity index (χ1v) is 9.53. The molecule has 3 heterocycles. The topological polar surface area (TPSA) is 76.5 Å². The number of halogens is 2. The fourth-order valence-corrected chi connectivity index (χ4v) is 4.14. The van der Waals surface area contributed by atoms with Crippen molar-refractivity contribution in [2.75, 3.05) is 6.61 Å². The molecule has 2 aliphatic heterocycles. The van der Waals surface area contributed by atoms with Crippen LogP contribution in [0.4, 0.5) is 8.78 Å². The SMILES string of the molecule is CC(C)(O)Cn1ncc2c1CN(C1CO[C@H](c3cc(F)ccc3F)C(N)C1)C2. The Kier molecular flexibility index (Phi) is 4.99. The van der Waals surface area contributed by atoms with Crippen molar-refractivity contribution in [2.45, 2.75) is 63.7 Å². The van der Waals surface area contributed by atoms with Gasteiger partial charge in [-0.15, -0.1) is 0 Å². The lowest BCUT2D eigenvalue weighted by atomic mass is 9.93. The Labute approximate surface area is 162 Å². The molecule has 2 aliphatic rings. The van der Waals surface area contributed by atoms with Crippen LogP contribution >= 0.6 is 0 Å². The van der Waals surface area contributed by atoms with Crippen molar-refractivity contribution in [1.82, 2.24) is 14.7 Å². The lowest BCUT2D eigenvalue weighted by Gasteiger charge is -2.38. The van der Waals surface area contributed by atoms with E-state index in [1.807, 2.05) is 10.9 Å². The molecule has 1 aromatic carbocycles. The molecule has 3 N–H and O–H groups in total. The number of fused-ring (bicyclic) bond motifs is 1. The highest BCUT2D eigenvalue weighted by Gasteiger charge is 2.37. The van der Waals surface area contributed by atoms with Crippen molar-refractivity contribution < 1.29 is 18.6 Å². The molecule has 28 heavy (non-hydrogen) atoms. The first-order valence-electron chi connectivity index (χ1n) is 9.53. The van der Waals surface area contributed by atoms with Crippen LogP contribution in [-0.2, 0) is 24.4 Å². The maximum Gasteiger partial charge on any atom is 0.129 e. The number of ether oxygens (including phenoxy) is 1. The van der Waals surface area contributed by atoms with E-state index >= 15 is 0 Å². The molecule has 0 spiro atoms. The number of rotatable bonds is 4. The molecular formula is C20H26F2N4O2. The van der Waals surface area contributed by atoms with E-state index in [4.69, 9.17) is 10.5 Å². The summed E-state index contributed by atoms with van der Waals surface area (Å²) in [4.78, 5) is 2.27.